The summed E-state index contributed by atoms with van der Waals surface area (Å²) in [6, 6.07) is 15.3. The van der Waals surface area contributed by atoms with Gasteiger partial charge in [0.2, 0.25) is 5.84 Å². The van der Waals surface area contributed by atoms with Crippen LogP contribution in [0.3, 0.4) is 0 Å². The number of hydrazone groups is 1. The summed E-state index contributed by atoms with van der Waals surface area (Å²) >= 11 is 0. The molecule has 0 aromatic heterocycles. The maximum absolute atomic E-state index is 12.7. The fraction of sp³-hybridized carbons (Fsp3) is 0.235. The molecule has 0 aliphatic heterocycles. The van der Waals surface area contributed by atoms with Crippen LogP contribution in [-0.4, -0.2) is 12.0 Å². The van der Waals surface area contributed by atoms with Gasteiger partial charge in [0.1, 0.15) is 12.4 Å². The molecular weight excluding hydrogens is 333 g/mol. The van der Waals surface area contributed by atoms with Crippen molar-refractivity contribution in [3.05, 3.63) is 60.2 Å². The third-order valence-corrected chi connectivity index (χ3v) is 2.97. The highest BCUT2D eigenvalue weighted by atomic mass is 19.4. The number of benzene rings is 2. The van der Waals surface area contributed by atoms with E-state index in [1.165, 1.54) is 24.3 Å². The van der Waals surface area contributed by atoms with Crippen molar-refractivity contribution in [1.29, 1.82) is 0 Å². The molecule has 0 bridgehead atoms. The Balaban J connectivity index is 0.00000151. The van der Waals surface area contributed by atoms with Crippen LogP contribution in [0.2, 0.25) is 0 Å². The number of alkyl halides is 3. The molecule has 0 saturated heterocycles. The summed E-state index contributed by atoms with van der Waals surface area (Å²) in [6.45, 7) is 4.35. The summed E-state index contributed by atoms with van der Waals surface area (Å²) in [5, 5.41) is 3.07. The zero-order valence-corrected chi connectivity index (χ0v) is 14.0. The van der Waals surface area contributed by atoms with Crippen LogP contribution in [0, 0.1) is 0 Å². The summed E-state index contributed by atoms with van der Waals surface area (Å²) in [4.78, 5) is 0. The first kappa shape index (κ1) is 20.3. The number of anilines is 1. The van der Waals surface area contributed by atoms with E-state index < -0.39 is 12.0 Å². The van der Waals surface area contributed by atoms with Crippen LogP contribution >= 0.6 is 0 Å². The molecule has 0 spiro atoms. The van der Waals surface area contributed by atoms with Crippen molar-refractivity contribution in [3.63, 3.8) is 0 Å². The molecule has 0 aliphatic rings. The second-order valence-electron chi connectivity index (χ2n) is 4.59. The van der Waals surface area contributed by atoms with Gasteiger partial charge in [-0.3, -0.25) is 5.01 Å². The lowest BCUT2D eigenvalue weighted by Crippen LogP contribution is -2.46. The third kappa shape index (κ3) is 6.00. The second-order valence-corrected chi connectivity index (χ2v) is 4.59. The van der Waals surface area contributed by atoms with E-state index in [0.29, 0.717) is 17.4 Å². The molecule has 0 amide bonds. The summed E-state index contributed by atoms with van der Waals surface area (Å²) < 4.78 is 43.6. The minimum absolute atomic E-state index is 0.0820. The van der Waals surface area contributed by atoms with E-state index in [2.05, 4.69) is 5.10 Å². The zero-order valence-electron chi connectivity index (χ0n) is 14.0. The summed E-state index contributed by atoms with van der Waals surface area (Å²) in [5.74, 6) is 9.28. The van der Waals surface area contributed by atoms with Gasteiger partial charge in [-0.25, -0.2) is 5.84 Å². The summed E-state index contributed by atoms with van der Waals surface area (Å²) in [5.41, 5.74) is 1.06. The molecule has 0 saturated carbocycles. The number of hydrogen-bond acceptors (Lipinski definition) is 4. The molecule has 5 nitrogen and oxygen atoms in total. The molecule has 8 heteroatoms. The Bertz CT molecular complexity index is 658. The number of hydrogen-bond donors (Lipinski definition) is 2. The number of nitrogens with two attached hydrogens (primary N) is 2. The molecular formula is C17H21F3N4O. The Morgan fingerprint density at radius 2 is 1.60 bits per heavy atom. The summed E-state index contributed by atoms with van der Waals surface area (Å²) in [7, 11) is 0. The monoisotopic (exact) mass is 354 g/mol. The predicted molar refractivity (Wildman–Crippen MR) is 92.9 cm³/mol. The standard InChI is InChI=1S/C15H15F3N4O.C2H6/c16-15(17,18)14(21-19)22(20)12-6-8-13(9-7-12)23-10-11-4-2-1-3-5-11;1-2/h1-9H,10,19-20H2;1-2H3/b21-14-;. The van der Waals surface area contributed by atoms with Crippen LogP contribution in [-0.2, 0) is 6.61 Å². The first-order valence-corrected chi connectivity index (χ1v) is 7.58. The molecule has 0 unspecified atom stereocenters. The maximum atomic E-state index is 12.7. The average molecular weight is 354 g/mol. The minimum Gasteiger partial charge on any atom is -0.489 e. The van der Waals surface area contributed by atoms with Crippen LogP contribution < -0.4 is 21.4 Å². The Hall–Kier alpha value is -2.74. The summed E-state index contributed by atoms with van der Waals surface area (Å²) in [6.07, 6.45) is -4.74. The second kappa shape index (κ2) is 9.53. The van der Waals surface area contributed by atoms with Crippen molar-refractivity contribution in [2.24, 2.45) is 16.8 Å². The number of amidine groups is 1. The first-order valence-electron chi connectivity index (χ1n) is 7.58. The molecule has 0 radical (unpaired) electrons. The van der Waals surface area contributed by atoms with Gasteiger partial charge in [0.05, 0.1) is 5.69 Å². The van der Waals surface area contributed by atoms with Gasteiger partial charge in [-0.1, -0.05) is 44.2 Å². The van der Waals surface area contributed by atoms with Crippen molar-refractivity contribution >= 4 is 11.5 Å². The first-order chi connectivity index (χ1) is 11.9. The van der Waals surface area contributed by atoms with Crippen molar-refractivity contribution in [2.45, 2.75) is 26.6 Å². The van der Waals surface area contributed by atoms with Crippen molar-refractivity contribution in [3.8, 4) is 5.75 Å². The number of ether oxygens (including phenoxy) is 1. The van der Waals surface area contributed by atoms with Crippen LogP contribution in [0.1, 0.15) is 19.4 Å². The highest BCUT2D eigenvalue weighted by Crippen LogP contribution is 2.24. The van der Waals surface area contributed by atoms with Gasteiger partial charge in [-0.2, -0.15) is 18.3 Å². The van der Waals surface area contributed by atoms with E-state index in [-0.39, 0.29) is 5.69 Å². The van der Waals surface area contributed by atoms with E-state index in [1.54, 1.807) is 0 Å². The fourth-order valence-corrected chi connectivity index (χ4v) is 1.84. The molecule has 136 valence electrons. The predicted octanol–water partition coefficient (Wildman–Crippen LogP) is 3.81. The molecule has 2 rings (SSSR count). The van der Waals surface area contributed by atoms with Gasteiger partial charge in [0, 0.05) is 0 Å². The molecule has 25 heavy (non-hydrogen) atoms. The number of halogens is 3. The number of rotatable bonds is 4. The fourth-order valence-electron chi connectivity index (χ4n) is 1.84. The van der Waals surface area contributed by atoms with E-state index >= 15 is 0 Å². The highest BCUT2D eigenvalue weighted by molar-refractivity contribution is 6.00. The lowest BCUT2D eigenvalue weighted by molar-refractivity contribution is -0.0604. The SMILES string of the molecule is CC.N/N=C(\N(N)c1ccc(OCc2ccccc2)cc1)C(F)(F)F. The van der Waals surface area contributed by atoms with Crippen molar-refractivity contribution in [1.82, 2.24) is 0 Å². The largest absolute Gasteiger partial charge is 0.489 e. The Morgan fingerprint density at radius 3 is 2.08 bits per heavy atom. The quantitative estimate of drug-likeness (QED) is 0.379. The van der Waals surface area contributed by atoms with Gasteiger partial charge in [0.25, 0.3) is 0 Å². The highest BCUT2D eigenvalue weighted by Gasteiger charge is 2.40. The van der Waals surface area contributed by atoms with E-state index in [4.69, 9.17) is 16.4 Å². The zero-order chi connectivity index (χ0) is 18.9. The van der Waals surface area contributed by atoms with Crippen molar-refractivity contribution < 1.29 is 17.9 Å². The third-order valence-electron chi connectivity index (χ3n) is 2.97. The molecule has 2 aromatic carbocycles. The van der Waals surface area contributed by atoms with Crippen LogP contribution in [0.5, 0.6) is 5.75 Å². The Morgan fingerprint density at radius 1 is 1.04 bits per heavy atom. The van der Waals surface area contributed by atoms with Gasteiger partial charge in [-0.15, -0.1) is 0 Å². The molecule has 4 N–H and O–H groups in total. The Kier molecular flexibility index (Phi) is 7.74. The number of hydrazine groups is 1. The number of nitrogens with zero attached hydrogens (tertiary/aromatic N) is 2. The van der Waals surface area contributed by atoms with E-state index in [0.717, 1.165) is 5.56 Å². The normalized spacial score (nSPS) is 11.4. The van der Waals surface area contributed by atoms with Crippen LogP contribution in [0.25, 0.3) is 0 Å². The van der Waals surface area contributed by atoms with E-state index in [1.807, 2.05) is 44.2 Å². The van der Waals surface area contributed by atoms with Gasteiger partial charge >= 0.3 is 6.18 Å². The van der Waals surface area contributed by atoms with Gasteiger partial charge in [0.15, 0.2) is 0 Å². The molecule has 0 fully saturated rings. The Labute approximate surface area is 144 Å². The van der Waals surface area contributed by atoms with Gasteiger partial charge in [-0.05, 0) is 29.8 Å². The molecule has 0 aliphatic carbocycles. The average Bonchev–Trinajstić information content (AvgIpc) is 2.62. The maximum Gasteiger partial charge on any atom is 0.452 e. The lowest BCUT2D eigenvalue weighted by Gasteiger charge is -2.21. The van der Waals surface area contributed by atoms with Crippen LogP contribution in [0.4, 0.5) is 18.9 Å². The van der Waals surface area contributed by atoms with Crippen molar-refractivity contribution in [2.75, 3.05) is 5.01 Å². The lowest BCUT2D eigenvalue weighted by atomic mass is 10.2. The minimum atomic E-state index is -4.74. The molecule has 0 heterocycles. The smallest absolute Gasteiger partial charge is 0.452 e. The van der Waals surface area contributed by atoms with Gasteiger partial charge < -0.3 is 10.6 Å². The molecule has 2 aromatic rings. The topological polar surface area (TPSA) is 76.9 Å². The molecule has 0 atom stereocenters. The van der Waals surface area contributed by atoms with Crippen LogP contribution in [0.15, 0.2) is 59.7 Å². The van der Waals surface area contributed by atoms with E-state index in [9.17, 15) is 13.2 Å².